The van der Waals surface area contributed by atoms with E-state index in [2.05, 4.69) is 21.0 Å². The number of nitrogens with two attached hydrogens (primary N) is 1. The first-order chi connectivity index (χ1) is 8.70. The van der Waals surface area contributed by atoms with E-state index in [4.69, 9.17) is 10.5 Å². The number of fused-ring (bicyclic) bond motifs is 1. The molecule has 0 unspecified atom stereocenters. The second-order valence-corrected chi connectivity index (χ2v) is 5.25. The quantitative estimate of drug-likeness (QED) is 0.928. The van der Waals surface area contributed by atoms with Crippen molar-refractivity contribution in [2.75, 3.05) is 12.8 Å². The van der Waals surface area contributed by atoms with Crippen LogP contribution < -0.4 is 10.5 Å². The lowest BCUT2D eigenvalue weighted by molar-refractivity contribution is 0.414. The number of hydrogen-bond donors (Lipinski definition) is 1. The molecule has 0 radical (unpaired) electrons. The second kappa shape index (κ2) is 4.31. The van der Waals surface area contributed by atoms with Crippen LogP contribution >= 0.6 is 15.9 Å². The highest BCUT2D eigenvalue weighted by Crippen LogP contribution is 2.33. The molecule has 2 aromatic rings. The zero-order valence-electron chi connectivity index (χ0n) is 10.1. The second-order valence-electron chi connectivity index (χ2n) is 4.39. The van der Waals surface area contributed by atoms with E-state index in [9.17, 15) is 0 Å². The lowest BCUT2D eigenvalue weighted by Gasteiger charge is -2.09. The van der Waals surface area contributed by atoms with Gasteiger partial charge >= 0.3 is 0 Å². The maximum atomic E-state index is 5.97. The van der Waals surface area contributed by atoms with Crippen LogP contribution in [0.1, 0.15) is 17.7 Å². The van der Waals surface area contributed by atoms with Crippen LogP contribution in [0.15, 0.2) is 22.7 Å². The van der Waals surface area contributed by atoms with Gasteiger partial charge < -0.3 is 10.5 Å². The Labute approximate surface area is 114 Å². The van der Waals surface area contributed by atoms with Crippen LogP contribution in [0.25, 0.3) is 5.69 Å². The Morgan fingerprint density at radius 3 is 3.00 bits per heavy atom. The average molecular weight is 308 g/mol. The minimum atomic E-state index is 0.650. The molecule has 0 saturated heterocycles. The van der Waals surface area contributed by atoms with Crippen molar-refractivity contribution in [2.45, 2.75) is 19.3 Å². The summed E-state index contributed by atoms with van der Waals surface area (Å²) >= 11 is 3.56. The number of hydrogen-bond acceptors (Lipinski definition) is 3. The third-order valence-electron chi connectivity index (χ3n) is 3.34. The summed E-state index contributed by atoms with van der Waals surface area (Å²) in [5.74, 6) is 1.46. The number of benzene rings is 1. The number of methoxy groups -OCH3 is 1. The van der Waals surface area contributed by atoms with Gasteiger partial charge in [-0.15, -0.1) is 0 Å². The molecule has 0 spiro atoms. The summed E-state index contributed by atoms with van der Waals surface area (Å²) in [6.45, 7) is 0. The molecular weight excluding hydrogens is 294 g/mol. The number of nitrogen functional groups attached to an aromatic ring is 1. The summed E-state index contributed by atoms with van der Waals surface area (Å²) in [5, 5.41) is 4.45. The molecule has 0 atom stereocenters. The Morgan fingerprint density at radius 2 is 2.22 bits per heavy atom. The predicted octanol–water partition coefficient (Wildman–Crippen LogP) is 2.71. The van der Waals surface area contributed by atoms with Gasteiger partial charge in [-0.3, -0.25) is 0 Å². The molecule has 1 aromatic carbocycles. The van der Waals surface area contributed by atoms with Gasteiger partial charge in [-0.2, -0.15) is 5.10 Å². The molecule has 2 N–H and O–H groups in total. The molecule has 5 heteroatoms. The molecule has 1 aliphatic carbocycles. The third kappa shape index (κ3) is 1.70. The first-order valence-electron chi connectivity index (χ1n) is 5.91. The smallest absolute Gasteiger partial charge is 0.149 e. The molecule has 0 bridgehead atoms. The van der Waals surface area contributed by atoms with Crippen LogP contribution in [-0.2, 0) is 12.8 Å². The number of rotatable bonds is 2. The van der Waals surface area contributed by atoms with Crippen molar-refractivity contribution in [1.82, 2.24) is 9.78 Å². The van der Waals surface area contributed by atoms with E-state index in [1.54, 1.807) is 7.11 Å². The van der Waals surface area contributed by atoms with Gasteiger partial charge in [0.15, 0.2) is 0 Å². The lowest BCUT2D eigenvalue weighted by Crippen LogP contribution is -2.03. The van der Waals surface area contributed by atoms with Crippen molar-refractivity contribution in [3.8, 4) is 11.4 Å². The minimum absolute atomic E-state index is 0.650. The SMILES string of the molecule is COc1ccc(Br)c(-n2nc(N)c3c2CCC3)c1. The van der Waals surface area contributed by atoms with E-state index in [1.807, 2.05) is 22.9 Å². The number of ether oxygens (including phenoxy) is 1. The number of halogens is 1. The fraction of sp³-hybridized carbons (Fsp3) is 0.308. The summed E-state index contributed by atoms with van der Waals surface area (Å²) in [5.41, 5.74) is 9.37. The van der Waals surface area contributed by atoms with Crippen molar-refractivity contribution >= 4 is 21.7 Å². The lowest BCUT2D eigenvalue weighted by atomic mass is 10.2. The van der Waals surface area contributed by atoms with Crippen LogP contribution in [0.5, 0.6) is 5.75 Å². The fourth-order valence-electron chi connectivity index (χ4n) is 2.45. The fourth-order valence-corrected chi connectivity index (χ4v) is 2.86. The molecule has 18 heavy (non-hydrogen) atoms. The molecule has 1 heterocycles. The van der Waals surface area contributed by atoms with Crippen LogP contribution in [0.4, 0.5) is 5.82 Å². The van der Waals surface area contributed by atoms with Crippen molar-refractivity contribution in [3.05, 3.63) is 33.9 Å². The van der Waals surface area contributed by atoms with E-state index in [1.165, 1.54) is 11.3 Å². The molecule has 3 rings (SSSR count). The van der Waals surface area contributed by atoms with Crippen LogP contribution in [0, 0.1) is 0 Å². The monoisotopic (exact) mass is 307 g/mol. The highest BCUT2D eigenvalue weighted by molar-refractivity contribution is 9.10. The van der Waals surface area contributed by atoms with E-state index in [0.29, 0.717) is 5.82 Å². The Hall–Kier alpha value is -1.49. The van der Waals surface area contributed by atoms with Gasteiger partial charge in [0, 0.05) is 21.8 Å². The van der Waals surface area contributed by atoms with Crippen LogP contribution in [0.3, 0.4) is 0 Å². The Morgan fingerprint density at radius 1 is 1.39 bits per heavy atom. The summed E-state index contributed by atoms with van der Waals surface area (Å²) in [6.07, 6.45) is 3.21. The molecule has 4 nitrogen and oxygen atoms in total. The van der Waals surface area contributed by atoms with E-state index < -0.39 is 0 Å². The molecule has 94 valence electrons. The normalized spacial score (nSPS) is 13.7. The van der Waals surface area contributed by atoms with Crippen LogP contribution in [0.2, 0.25) is 0 Å². The van der Waals surface area contributed by atoms with E-state index >= 15 is 0 Å². The highest BCUT2D eigenvalue weighted by atomic mass is 79.9. The predicted molar refractivity (Wildman–Crippen MR) is 74.3 cm³/mol. The summed E-state index contributed by atoms with van der Waals surface area (Å²) in [4.78, 5) is 0. The highest BCUT2D eigenvalue weighted by Gasteiger charge is 2.22. The number of nitrogens with zero attached hydrogens (tertiary/aromatic N) is 2. The first-order valence-corrected chi connectivity index (χ1v) is 6.70. The van der Waals surface area contributed by atoms with E-state index in [0.717, 1.165) is 35.2 Å². The summed E-state index contributed by atoms with van der Waals surface area (Å²) < 4.78 is 8.19. The van der Waals surface area contributed by atoms with Crippen molar-refractivity contribution in [1.29, 1.82) is 0 Å². The molecule has 0 saturated carbocycles. The topological polar surface area (TPSA) is 53.1 Å². The Kier molecular flexibility index (Phi) is 2.78. The zero-order chi connectivity index (χ0) is 12.7. The minimum Gasteiger partial charge on any atom is -0.497 e. The van der Waals surface area contributed by atoms with Gasteiger partial charge in [0.25, 0.3) is 0 Å². The van der Waals surface area contributed by atoms with Crippen molar-refractivity contribution in [3.63, 3.8) is 0 Å². The van der Waals surface area contributed by atoms with Gasteiger partial charge in [-0.25, -0.2) is 4.68 Å². The Bertz CT molecular complexity index is 607. The number of aromatic nitrogens is 2. The van der Waals surface area contributed by atoms with Crippen molar-refractivity contribution in [2.24, 2.45) is 0 Å². The van der Waals surface area contributed by atoms with Gasteiger partial charge in [-0.05, 0) is 47.3 Å². The molecule has 1 aliphatic rings. The van der Waals surface area contributed by atoms with Crippen LogP contribution in [-0.4, -0.2) is 16.9 Å². The maximum Gasteiger partial charge on any atom is 0.149 e. The summed E-state index contributed by atoms with van der Waals surface area (Å²) in [6, 6.07) is 5.85. The third-order valence-corrected chi connectivity index (χ3v) is 4.01. The van der Waals surface area contributed by atoms with Gasteiger partial charge in [0.1, 0.15) is 11.6 Å². The number of anilines is 1. The van der Waals surface area contributed by atoms with Crippen molar-refractivity contribution < 1.29 is 4.74 Å². The maximum absolute atomic E-state index is 5.97. The van der Waals surface area contributed by atoms with Gasteiger partial charge in [-0.1, -0.05) is 0 Å². The zero-order valence-corrected chi connectivity index (χ0v) is 11.7. The average Bonchev–Trinajstić information content (AvgIpc) is 2.95. The molecule has 0 amide bonds. The largest absolute Gasteiger partial charge is 0.497 e. The van der Waals surface area contributed by atoms with Gasteiger partial charge in [0.05, 0.1) is 12.8 Å². The summed E-state index contributed by atoms with van der Waals surface area (Å²) in [7, 11) is 1.66. The Balaban J connectivity index is 2.18. The standard InChI is InChI=1S/C13H14BrN3O/c1-18-8-5-6-10(14)12(7-8)17-11-4-2-3-9(11)13(15)16-17/h5-7H,2-4H2,1H3,(H2,15,16). The molecule has 0 aliphatic heterocycles. The van der Waals surface area contributed by atoms with E-state index in [-0.39, 0.29) is 0 Å². The molecular formula is C13H14BrN3O. The molecule has 0 fully saturated rings. The van der Waals surface area contributed by atoms with Gasteiger partial charge in [0.2, 0.25) is 0 Å². The first kappa shape index (κ1) is 11.6. The molecule has 1 aromatic heterocycles.